The van der Waals surface area contributed by atoms with Crippen molar-refractivity contribution in [3.63, 3.8) is 0 Å². The number of nitrogens with one attached hydrogen (secondary N) is 3. The van der Waals surface area contributed by atoms with Gasteiger partial charge in [0.05, 0.1) is 22.8 Å². The molecule has 1 amide bonds. The molecule has 1 aromatic carbocycles. The zero-order valence-corrected chi connectivity index (χ0v) is 14.1. The summed E-state index contributed by atoms with van der Waals surface area (Å²) in [6, 6.07) is 3.52. The molecule has 0 aliphatic heterocycles. The van der Waals surface area contributed by atoms with E-state index in [1.807, 2.05) is 6.92 Å². The molecule has 1 aliphatic rings. The Kier molecular flexibility index (Phi) is 6.11. The van der Waals surface area contributed by atoms with Crippen molar-refractivity contribution in [1.82, 2.24) is 5.32 Å². The van der Waals surface area contributed by atoms with Gasteiger partial charge in [-0.3, -0.25) is 4.79 Å². The van der Waals surface area contributed by atoms with Crippen molar-refractivity contribution in [2.45, 2.75) is 30.4 Å². The Morgan fingerprint density at radius 2 is 2.00 bits per heavy atom. The lowest BCUT2D eigenvalue weighted by molar-refractivity contribution is -0.115. The lowest BCUT2D eigenvalue weighted by Crippen LogP contribution is -2.29. The van der Waals surface area contributed by atoms with Crippen molar-refractivity contribution in [1.29, 1.82) is 0 Å². The number of sulfone groups is 1. The molecule has 0 aromatic heterocycles. The molecule has 0 heterocycles. The minimum atomic E-state index is -4.71. The van der Waals surface area contributed by atoms with Gasteiger partial charge in [-0.05, 0) is 50.4 Å². The van der Waals surface area contributed by atoms with Crippen molar-refractivity contribution >= 4 is 27.1 Å². The normalized spacial score (nSPS) is 14.7. The van der Waals surface area contributed by atoms with Gasteiger partial charge < -0.3 is 16.0 Å². The summed E-state index contributed by atoms with van der Waals surface area (Å²) in [5, 5.41) is 8.54. The van der Waals surface area contributed by atoms with Crippen molar-refractivity contribution in [3.05, 3.63) is 18.2 Å². The number of hydrogen-bond donors (Lipinski definition) is 3. The maximum atomic E-state index is 12.7. The van der Waals surface area contributed by atoms with Gasteiger partial charge in [0.2, 0.25) is 15.7 Å². The number of alkyl halides is 2. The number of carbonyl (C=O) groups excluding carboxylic acids is 1. The van der Waals surface area contributed by atoms with Crippen molar-refractivity contribution < 1.29 is 22.0 Å². The second-order valence-electron chi connectivity index (χ2n) is 5.67. The number of carbonyl (C=O) groups is 1. The molecule has 6 nitrogen and oxygen atoms in total. The molecule has 134 valence electrons. The summed E-state index contributed by atoms with van der Waals surface area (Å²) in [5.41, 5.74) is 0.637. The molecule has 1 aromatic rings. The van der Waals surface area contributed by atoms with Crippen LogP contribution in [0.25, 0.3) is 0 Å². The summed E-state index contributed by atoms with van der Waals surface area (Å²) in [4.78, 5) is 11.4. The molecule has 0 radical (unpaired) electrons. The van der Waals surface area contributed by atoms with Crippen LogP contribution in [-0.4, -0.2) is 39.7 Å². The highest BCUT2D eigenvalue weighted by Gasteiger charge is 2.27. The third kappa shape index (κ3) is 4.88. The summed E-state index contributed by atoms with van der Waals surface area (Å²) < 4.78 is 48.6. The molecule has 0 saturated heterocycles. The molecule has 0 unspecified atom stereocenters. The van der Waals surface area contributed by atoms with Crippen molar-refractivity contribution in [2.75, 3.05) is 30.3 Å². The van der Waals surface area contributed by atoms with Gasteiger partial charge in [-0.1, -0.05) is 0 Å². The molecule has 0 spiro atoms. The quantitative estimate of drug-likeness (QED) is 0.627. The van der Waals surface area contributed by atoms with E-state index in [4.69, 9.17) is 0 Å². The minimum absolute atomic E-state index is 0.0773. The predicted octanol–water partition coefficient (Wildman–Crippen LogP) is 2.05. The smallest absolute Gasteiger partial charge is 0.341 e. The number of benzene rings is 1. The van der Waals surface area contributed by atoms with E-state index in [9.17, 15) is 22.0 Å². The molecule has 3 N–H and O–H groups in total. The number of halogens is 2. The Morgan fingerprint density at radius 1 is 1.29 bits per heavy atom. The van der Waals surface area contributed by atoms with E-state index in [2.05, 4.69) is 16.0 Å². The zero-order chi connectivity index (χ0) is 17.7. The van der Waals surface area contributed by atoms with Gasteiger partial charge in [0.1, 0.15) is 0 Å². The highest BCUT2D eigenvalue weighted by molar-refractivity contribution is 7.91. The van der Waals surface area contributed by atoms with E-state index in [0.29, 0.717) is 18.2 Å². The van der Waals surface area contributed by atoms with Crippen LogP contribution in [0.5, 0.6) is 0 Å². The second kappa shape index (κ2) is 7.89. The van der Waals surface area contributed by atoms with Gasteiger partial charge in [-0.25, -0.2) is 8.42 Å². The lowest BCUT2D eigenvalue weighted by Gasteiger charge is -2.14. The van der Waals surface area contributed by atoms with E-state index >= 15 is 0 Å². The number of rotatable bonds is 9. The molecule has 24 heavy (non-hydrogen) atoms. The first-order chi connectivity index (χ1) is 11.3. The van der Waals surface area contributed by atoms with Crippen LogP contribution in [0.4, 0.5) is 20.2 Å². The molecule has 0 atom stereocenters. The molecular formula is C15H21F2N3O3S. The van der Waals surface area contributed by atoms with Crippen LogP contribution in [0.2, 0.25) is 0 Å². The molecule has 1 aliphatic carbocycles. The summed E-state index contributed by atoms with van der Waals surface area (Å²) in [6.45, 7) is 3.19. The Morgan fingerprint density at radius 3 is 2.58 bits per heavy atom. The van der Waals surface area contributed by atoms with Gasteiger partial charge in [-0.2, -0.15) is 8.78 Å². The highest BCUT2D eigenvalue weighted by atomic mass is 32.2. The van der Waals surface area contributed by atoms with Crippen molar-refractivity contribution in [2.24, 2.45) is 5.92 Å². The van der Waals surface area contributed by atoms with E-state index in [1.165, 1.54) is 6.07 Å². The fraction of sp³-hybridized carbons (Fsp3) is 0.533. The first-order valence-corrected chi connectivity index (χ1v) is 9.29. The fourth-order valence-corrected chi connectivity index (χ4v) is 2.90. The predicted molar refractivity (Wildman–Crippen MR) is 88.0 cm³/mol. The Balaban J connectivity index is 2.13. The largest absolute Gasteiger partial charge is 0.384 e. The van der Waals surface area contributed by atoms with Crippen LogP contribution in [0.15, 0.2) is 23.1 Å². The number of amides is 1. The molecule has 0 bridgehead atoms. The van der Waals surface area contributed by atoms with Crippen LogP contribution in [0, 0.1) is 5.92 Å². The summed E-state index contributed by atoms with van der Waals surface area (Å²) in [7, 11) is -4.71. The van der Waals surface area contributed by atoms with Crippen LogP contribution in [0.1, 0.15) is 19.8 Å². The van der Waals surface area contributed by atoms with E-state index in [-0.39, 0.29) is 18.1 Å². The Bertz CT molecular complexity index is 691. The zero-order valence-electron chi connectivity index (χ0n) is 13.3. The SMILES string of the molecule is CCNc1ccc(S(=O)(=O)C(F)F)cc1NC(=O)CNCC1CC1. The van der Waals surface area contributed by atoms with Gasteiger partial charge in [0, 0.05) is 6.54 Å². The highest BCUT2D eigenvalue weighted by Crippen LogP contribution is 2.29. The van der Waals surface area contributed by atoms with Crippen LogP contribution < -0.4 is 16.0 Å². The summed E-state index contributed by atoms with van der Waals surface area (Å²) in [6.07, 6.45) is 2.32. The minimum Gasteiger partial charge on any atom is -0.384 e. The molecule has 2 rings (SSSR count). The Hall–Kier alpha value is -1.74. The monoisotopic (exact) mass is 361 g/mol. The standard InChI is InChI=1S/C15H21F2N3O3S/c1-2-19-12-6-5-11(24(22,23)15(16)17)7-13(12)20-14(21)9-18-8-10-3-4-10/h5-7,10,15,18-19H,2-4,8-9H2,1H3,(H,20,21). The number of anilines is 2. The maximum absolute atomic E-state index is 12.7. The average molecular weight is 361 g/mol. The number of hydrogen-bond acceptors (Lipinski definition) is 5. The Labute approximate surface area is 139 Å². The second-order valence-corrected chi connectivity index (χ2v) is 7.58. The average Bonchev–Trinajstić information content (AvgIpc) is 3.33. The lowest BCUT2D eigenvalue weighted by atomic mass is 10.2. The van der Waals surface area contributed by atoms with Gasteiger partial charge in [0.15, 0.2) is 0 Å². The third-order valence-corrected chi connectivity index (χ3v) is 4.99. The maximum Gasteiger partial charge on any atom is 0.341 e. The molecule has 1 saturated carbocycles. The molecule has 9 heteroatoms. The van der Waals surface area contributed by atoms with E-state index in [1.54, 1.807) is 0 Å². The summed E-state index contributed by atoms with van der Waals surface area (Å²) >= 11 is 0. The van der Waals surface area contributed by atoms with E-state index in [0.717, 1.165) is 31.5 Å². The first-order valence-electron chi connectivity index (χ1n) is 7.75. The van der Waals surface area contributed by atoms with Crippen LogP contribution in [0.3, 0.4) is 0 Å². The molecular weight excluding hydrogens is 340 g/mol. The molecule has 1 fully saturated rings. The van der Waals surface area contributed by atoms with Crippen LogP contribution in [-0.2, 0) is 14.6 Å². The third-order valence-electron chi connectivity index (χ3n) is 3.61. The first kappa shape index (κ1) is 18.6. The van der Waals surface area contributed by atoms with Crippen LogP contribution >= 0.6 is 0 Å². The topological polar surface area (TPSA) is 87.3 Å². The van der Waals surface area contributed by atoms with E-state index < -0.39 is 20.5 Å². The summed E-state index contributed by atoms with van der Waals surface area (Å²) in [5.74, 6) is -3.25. The van der Waals surface area contributed by atoms with Gasteiger partial charge >= 0.3 is 5.76 Å². The van der Waals surface area contributed by atoms with Gasteiger partial charge in [0.25, 0.3) is 0 Å². The van der Waals surface area contributed by atoms with Crippen molar-refractivity contribution in [3.8, 4) is 0 Å². The fourth-order valence-electron chi connectivity index (χ4n) is 2.16. The van der Waals surface area contributed by atoms with Gasteiger partial charge in [-0.15, -0.1) is 0 Å².